The Hall–Kier alpha value is -1.04. The van der Waals surface area contributed by atoms with Gasteiger partial charge in [-0.3, -0.25) is 0 Å². The van der Waals surface area contributed by atoms with Crippen molar-refractivity contribution < 1.29 is 4.52 Å². The summed E-state index contributed by atoms with van der Waals surface area (Å²) in [6.45, 7) is 0.886. The topological polar surface area (TPSA) is 51.0 Å². The maximum Gasteiger partial charge on any atom is 0.228 e. The van der Waals surface area contributed by atoms with Crippen molar-refractivity contribution in [3.63, 3.8) is 0 Å². The lowest BCUT2D eigenvalue weighted by Crippen LogP contribution is -2.33. The Morgan fingerprint density at radius 2 is 2.00 bits per heavy atom. The smallest absolute Gasteiger partial charge is 0.228 e. The van der Waals surface area contributed by atoms with Crippen molar-refractivity contribution in [2.24, 2.45) is 0 Å². The van der Waals surface area contributed by atoms with Crippen LogP contribution in [0, 0.1) is 0 Å². The van der Waals surface area contributed by atoms with Crippen LogP contribution in [0.15, 0.2) is 28.8 Å². The summed E-state index contributed by atoms with van der Waals surface area (Å²) >= 11 is 7.91. The lowest BCUT2D eigenvalue weighted by Gasteiger charge is -2.22. The Morgan fingerprint density at radius 3 is 2.76 bits per heavy atom. The standard InChI is InChI=1S/C15H18ClN3OS/c16-12-3-1-11(2-4-12)15-18-14(20-19-15)5-8-17-13-6-9-21-10-7-13/h1-4,13,17H,5-10H2. The van der Waals surface area contributed by atoms with Crippen LogP contribution in [-0.4, -0.2) is 34.2 Å². The Bertz CT molecular complexity index is 567. The molecule has 1 aromatic heterocycles. The number of rotatable bonds is 5. The first-order valence-electron chi connectivity index (χ1n) is 7.21. The summed E-state index contributed by atoms with van der Waals surface area (Å²) in [5, 5.41) is 8.30. The molecule has 0 amide bonds. The SMILES string of the molecule is Clc1ccc(-c2noc(CCNC3CCSCC3)n2)cc1. The zero-order chi connectivity index (χ0) is 14.5. The van der Waals surface area contributed by atoms with E-state index >= 15 is 0 Å². The highest BCUT2D eigenvalue weighted by molar-refractivity contribution is 7.99. The maximum absolute atomic E-state index is 5.87. The minimum atomic E-state index is 0.621. The molecule has 1 fully saturated rings. The molecular formula is C15H18ClN3OS. The van der Waals surface area contributed by atoms with Crippen LogP contribution in [0.4, 0.5) is 0 Å². The molecule has 0 atom stereocenters. The molecule has 0 saturated carbocycles. The maximum atomic E-state index is 5.87. The summed E-state index contributed by atoms with van der Waals surface area (Å²) in [5.74, 6) is 3.83. The van der Waals surface area contributed by atoms with Gasteiger partial charge < -0.3 is 9.84 Å². The van der Waals surface area contributed by atoms with Crippen LogP contribution in [0.1, 0.15) is 18.7 Å². The second-order valence-electron chi connectivity index (χ2n) is 5.11. The fourth-order valence-electron chi connectivity index (χ4n) is 2.36. The van der Waals surface area contributed by atoms with Gasteiger partial charge in [-0.1, -0.05) is 16.8 Å². The van der Waals surface area contributed by atoms with Crippen LogP contribution >= 0.6 is 23.4 Å². The van der Waals surface area contributed by atoms with Crippen molar-refractivity contribution in [2.75, 3.05) is 18.1 Å². The summed E-state index contributed by atoms with van der Waals surface area (Å²) in [7, 11) is 0. The quantitative estimate of drug-likeness (QED) is 0.913. The Balaban J connectivity index is 1.51. The minimum absolute atomic E-state index is 0.621. The fraction of sp³-hybridized carbons (Fsp3) is 0.467. The van der Waals surface area contributed by atoms with E-state index < -0.39 is 0 Å². The molecule has 3 rings (SSSR count). The molecule has 1 saturated heterocycles. The molecule has 0 unspecified atom stereocenters. The molecule has 6 heteroatoms. The number of hydrogen-bond acceptors (Lipinski definition) is 5. The van der Waals surface area contributed by atoms with Crippen molar-refractivity contribution >= 4 is 23.4 Å². The monoisotopic (exact) mass is 323 g/mol. The summed E-state index contributed by atoms with van der Waals surface area (Å²) in [5.41, 5.74) is 0.923. The largest absolute Gasteiger partial charge is 0.339 e. The highest BCUT2D eigenvalue weighted by atomic mass is 35.5. The molecule has 1 N–H and O–H groups in total. The van der Waals surface area contributed by atoms with Crippen LogP contribution < -0.4 is 5.32 Å². The predicted octanol–water partition coefficient (Wildman–Crippen LogP) is 3.42. The third-order valence-corrected chi connectivity index (χ3v) is 4.86. The molecule has 2 aromatic rings. The molecule has 112 valence electrons. The number of halogens is 1. The van der Waals surface area contributed by atoms with E-state index in [4.69, 9.17) is 16.1 Å². The minimum Gasteiger partial charge on any atom is -0.339 e. The van der Waals surface area contributed by atoms with Crippen molar-refractivity contribution in [1.29, 1.82) is 0 Å². The molecule has 2 heterocycles. The van der Waals surface area contributed by atoms with Gasteiger partial charge in [0.05, 0.1) is 0 Å². The summed E-state index contributed by atoms with van der Waals surface area (Å²) in [4.78, 5) is 4.43. The lowest BCUT2D eigenvalue weighted by molar-refractivity contribution is 0.370. The van der Waals surface area contributed by atoms with Gasteiger partial charge >= 0.3 is 0 Å². The Morgan fingerprint density at radius 1 is 1.24 bits per heavy atom. The molecule has 0 bridgehead atoms. The number of thioether (sulfide) groups is 1. The van der Waals surface area contributed by atoms with E-state index in [-0.39, 0.29) is 0 Å². The van der Waals surface area contributed by atoms with Crippen molar-refractivity contribution in [3.8, 4) is 11.4 Å². The molecule has 1 aliphatic rings. The van der Waals surface area contributed by atoms with Gasteiger partial charge in [0.2, 0.25) is 11.7 Å². The van der Waals surface area contributed by atoms with E-state index in [1.54, 1.807) is 0 Å². The van der Waals surface area contributed by atoms with Gasteiger partial charge in [-0.25, -0.2) is 0 Å². The van der Waals surface area contributed by atoms with E-state index in [2.05, 4.69) is 15.5 Å². The number of hydrogen-bond donors (Lipinski definition) is 1. The predicted molar refractivity (Wildman–Crippen MR) is 86.8 cm³/mol. The first kappa shape index (κ1) is 14.9. The number of nitrogens with one attached hydrogen (secondary N) is 1. The zero-order valence-electron chi connectivity index (χ0n) is 11.7. The molecular weight excluding hydrogens is 306 g/mol. The van der Waals surface area contributed by atoms with Crippen LogP contribution in [-0.2, 0) is 6.42 Å². The zero-order valence-corrected chi connectivity index (χ0v) is 13.3. The van der Waals surface area contributed by atoms with Crippen molar-refractivity contribution in [2.45, 2.75) is 25.3 Å². The molecule has 0 aliphatic carbocycles. The highest BCUT2D eigenvalue weighted by Crippen LogP contribution is 2.19. The van der Waals surface area contributed by atoms with Gasteiger partial charge in [-0.2, -0.15) is 16.7 Å². The second kappa shape index (κ2) is 7.29. The molecule has 21 heavy (non-hydrogen) atoms. The molecule has 0 radical (unpaired) electrons. The first-order valence-corrected chi connectivity index (χ1v) is 8.74. The summed E-state index contributed by atoms with van der Waals surface area (Å²) < 4.78 is 5.30. The van der Waals surface area contributed by atoms with Crippen molar-refractivity contribution in [3.05, 3.63) is 35.2 Å². The number of nitrogens with zero attached hydrogens (tertiary/aromatic N) is 2. The molecule has 0 spiro atoms. The van der Waals surface area contributed by atoms with Crippen LogP contribution in [0.25, 0.3) is 11.4 Å². The highest BCUT2D eigenvalue weighted by Gasteiger charge is 2.13. The van der Waals surface area contributed by atoms with Crippen LogP contribution in [0.2, 0.25) is 5.02 Å². The van der Waals surface area contributed by atoms with Gasteiger partial charge in [0.25, 0.3) is 0 Å². The van der Waals surface area contributed by atoms with E-state index in [0.717, 1.165) is 18.5 Å². The molecule has 1 aromatic carbocycles. The van der Waals surface area contributed by atoms with Crippen molar-refractivity contribution in [1.82, 2.24) is 15.5 Å². The van der Waals surface area contributed by atoms with Gasteiger partial charge in [-0.05, 0) is 48.6 Å². The average molecular weight is 324 g/mol. The number of aromatic nitrogens is 2. The second-order valence-corrected chi connectivity index (χ2v) is 6.77. The lowest BCUT2D eigenvalue weighted by atomic mass is 10.1. The van der Waals surface area contributed by atoms with Gasteiger partial charge in [0.15, 0.2) is 0 Å². The summed E-state index contributed by atoms with van der Waals surface area (Å²) in [6.07, 6.45) is 3.28. The van der Waals surface area contributed by atoms with E-state index in [9.17, 15) is 0 Å². The Labute approximate surface area is 133 Å². The van der Waals surface area contributed by atoms with Gasteiger partial charge in [0.1, 0.15) is 0 Å². The Kier molecular flexibility index (Phi) is 5.17. The normalized spacial score (nSPS) is 16.2. The van der Waals surface area contributed by atoms with E-state index in [1.165, 1.54) is 24.3 Å². The summed E-state index contributed by atoms with van der Waals surface area (Å²) in [6, 6.07) is 8.10. The fourth-order valence-corrected chi connectivity index (χ4v) is 3.59. The van der Waals surface area contributed by atoms with Gasteiger partial charge in [0, 0.05) is 29.6 Å². The molecule has 1 aliphatic heterocycles. The van der Waals surface area contributed by atoms with Crippen LogP contribution in [0.3, 0.4) is 0 Å². The third kappa shape index (κ3) is 4.22. The van der Waals surface area contributed by atoms with E-state index in [0.29, 0.717) is 22.8 Å². The third-order valence-electron chi connectivity index (χ3n) is 3.56. The van der Waals surface area contributed by atoms with E-state index in [1.807, 2.05) is 36.0 Å². The first-order chi connectivity index (χ1) is 10.3. The van der Waals surface area contributed by atoms with Crippen LogP contribution in [0.5, 0.6) is 0 Å². The average Bonchev–Trinajstić information content (AvgIpc) is 2.98. The molecule has 4 nitrogen and oxygen atoms in total. The van der Waals surface area contributed by atoms with Gasteiger partial charge in [-0.15, -0.1) is 0 Å². The number of benzene rings is 1.